The van der Waals surface area contributed by atoms with Crippen molar-refractivity contribution in [3.8, 4) is 0 Å². The molecule has 0 spiro atoms. The second-order valence-electron chi connectivity index (χ2n) is 13.6. The Morgan fingerprint density at radius 1 is 0.269 bits per heavy atom. The number of ether oxygens (including phenoxy) is 9. The molecule has 0 aliphatic heterocycles. The molecule has 0 aliphatic carbocycles. The molecule has 0 radical (unpaired) electrons. The minimum Gasteiger partial charge on any atom is -0.854 e. The molecule has 0 N–H and O–H groups in total. The number of hydrogen-bond acceptors (Lipinski definition) is 12. The van der Waals surface area contributed by atoms with Gasteiger partial charge in [-0.3, -0.25) is 0 Å². The fraction of sp³-hybridized carbons (Fsp3) is 1.00. The molecule has 0 saturated carbocycles. The maximum absolute atomic E-state index is 10.7. The Morgan fingerprint density at radius 2 is 0.404 bits per heavy atom. The van der Waals surface area contributed by atoms with Crippen molar-refractivity contribution in [2.45, 2.75) is 96.3 Å². The fourth-order valence-corrected chi connectivity index (χ4v) is 6.46. The first-order chi connectivity index (χ1) is 24.7. The third-order valence-electron chi connectivity index (χ3n) is 10.1. The first kappa shape index (κ1) is 59.3. The molecule has 12 nitrogen and oxygen atoms in total. The van der Waals surface area contributed by atoms with Gasteiger partial charge in [-0.25, -0.2) is 0 Å². The first-order valence-corrected chi connectivity index (χ1v) is 18.9. The van der Waals surface area contributed by atoms with Crippen molar-refractivity contribution in [1.29, 1.82) is 0 Å². The summed E-state index contributed by atoms with van der Waals surface area (Å²) in [6, 6.07) is 0. The van der Waals surface area contributed by atoms with Gasteiger partial charge in [0.2, 0.25) is 0 Å². The molecule has 0 fully saturated rings. The van der Waals surface area contributed by atoms with Crippen LogP contribution in [0.1, 0.15) is 96.3 Å². The SMILES string of the molecule is COCCC(CCC[O-])(CCOC)CCOC.COCCC(CCC[O-])(CCOC)CCOC.COCCC(CCC[O-])(CCOC)CCOC.[Y+3]. The average molecular weight is 831 g/mol. The summed E-state index contributed by atoms with van der Waals surface area (Å²) >= 11 is 0. The van der Waals surface area contributed by atoms with Crippen LogP contribution in [0.3, 0.4) is 0 Å². The van der Waals surface area contributed by atoms with Gasteiger partial charge < -0.3 is 58.0 Å². The van der Waals surface area contributed by atoms with Gasteiger partial charge in [0, 0.05) is 123 Å². The van der Waals surface area contributed by atoms with Crippen LogP contribution < -0.4 is 15.3 Å². The molecule has 0 atom stereocenters. The van der Waals surface area contributed by atoms with Crippen molar-refractivity contribution in [3.63, 3.8) is 0 Å². The summed E-state index contributed by atoms with van der Waals surface area (Å²) in [5.41, 5.74) is 0.394. The van der Waals surface area contributed by atoms with Crippen LogP contribution in [0.15, 0.2) is 0 Å². The van der Waals surface area contributed by atoms with Crippen LogP contribution in [0.4, 0.5) is 0 Å². The van der Waals surface area contributed by atoms with Crippen LogP contribution >= 0.6 is 0 Å². The van der Waals surface area contributed by atoms with E-state index in [0.29, 0.717) is 0 Å². The zero-order chi connectivity index (χ0) is 39.0. The van der Waals surface area contributed by atoms with Crippen LogP contribution in [0.2, 0.25) is 0 Å². The van der Waals surface area contributed by atoms with Crippen LogP contribution in [0, 0.1) is 16.2 Å². The standard InChI is InChI=1S/3C13H27O4.Y/c3*1-15-10-6-13(5-4-9-14,7-11-16-2)8-12-17-3;/h3*4-12H2,1-3H3;/q3*-1;+3. The van der Waals surface area contributed by atoms with Crippen molar-refractivity contribution >= 4 is 0 Å². The van der Waals surface area contributed by atoms with Gasteiger partial charge in [0.1, 0.15) is 0 Å². The first-order valence-electron chi connectivity index (χ1n) is 18.9. The smallest absolute Gasteiger partial charge is 0.854 e. The molecule has 312 valence electrons. The Labute approximate surface area is 344 Å². The molecule has 0 saturated heterocycles. The van der Waals surface area contributed by atoms with E-state index in [0.717, 1.165) is 156 Å². The van der Waals surface area contributed by atoms with Crippen molar-refractivity contribution in [2.75, 3.05) is 143 Å². The van der Waals surface area contributed by atoms with Crippen molar-refractivity contribution in [3.05, 3.63) is 0 Å². The Morgan fingerprint density at radius 3 is 0.500 bits per heavy atom. The van der Waals surface area contributed by atoms with Gasteiger partial charge in [0.25, 0.3) is 0 Å². The number of methoxy groups -OCH3 is 9. The van der Waals surface area contributed by atoms with E-state index in [2.05, 4.69) is 0 Å². The van der Waals surface area contributed by atoms with Crippen LogP contribution in [0.25, 0.3) is 0 Å². The summed E-state index contributed by atoms with van der Waals surface area (Å²) < 4.78 is 46.6. The van der Waals surface area contributed by atoms with E-state index < -0.39 is 0 Å². The van der Waals surface area contributed by atoms with Gasteiger partial charge in [-0.05, 0) is 93.3 Å². The summed E-state index contributed by atoms with van der Waals surface area (Å²) in [6.07, 6.45) is 13.7. The number of hydrogen-bond donors (Lipinski definition) is 0. The zero-order valence-electron chi connectivity index (χ0n) is 35.1. The zero-order valence-corrected chi connectivity index (χ0v) is 37.9. The van der Waals surface area contributed by atoms with Gasteiger partial charge in [-0.1, -0.05) is 19.3 Å². The molecule has 13 heteroatoms. The quantitative estimate of drug-likeness (QED) is 0.0907. The molecule has 0 rings (SSSR count). The predicted molar refractivity (Wildman–Crippen MR) is 198 cm³/mol. The van der Waals surface area contributed by atoms with E-state index >= 15 is 0 Å². The second-order valence-corrected chi connectivity index (χ2v) is 13.6. The summed E-state index contributed by atoms with van der Waals surface area (Å²) in [4.78, 5) is 0. The fourth-order valence-electron chi connectivity index (χ4n) is 6.46. The predicted octanol–water partition coefficient (Wildman–Crippen LogP) is 3.67. The molecular formula is C39H81O12Y. The van der Waals surface area contributed by atoms with E-state index in [9.17, 15) is 15.3 Å². The minimum atomic E-state index is -0.00526. The maximum atomic E-state index is 10.7. The molecule has 52 heavy (non-hydrogen) atoms. The van der Waals surface area contributed by atoms with E-state index in [4.69, 9.17) is 42.6 Å². The molecule has 0 unspecified atom stereocenters. The van der Waals surface area contributed by atoms with Crippen LogP contribution in [-0.4, -0.2) is 143 Å². The van der Waals surface area contributed by atoms with E-state index in [1.54, 1.807) is 64.0 Å². The molecular weight excluding hydrogens is 749 g/mol. The number of rotatable bonds is 36. The Balaban J connectivity index is -0.000000329. The molecule has 0 bridgehead atoms. The summed E-state index contributed by atoms with van der Waals surface area (Å²) in [5, 5.41) is 32.1. The maximum Gasteiger partial charge on any atom is 3.00 e. The third-order valence-corrected chi connectivity index (χ3v) is 10.1. The van der Waals surface area contributed by atoms with Gasteiger partial charge in [-0.2, -0.15) is 0 Å². The van der Waals surface area contributed by atoms with Crippen molar-refractivity contribution < 1.29 is 90.7 Å². The molecule has 0 aromatic rings. The Kier molecular flexibility index (Phi) is 50.6. The normalized spacial score (nSPS) is 11.8. The Hall–Kier alpha value is 0.624. The van der Waals surface area contributed by atoms with E-state index in [1.165, 1.54) is 0 Å². The van der Waals surface area contributed by atoms with Gasteiger partial charge in [0.05, 0.1) is 0 Å². The monoisotopic (exact) mass is 830 g/mol. The molecule has 0 aromatic heterocycles. The molecule has 0 aromatic carbocycles. The minimum absolute atomic E-state index is 0. The van der Waals surface area contributed by atoms with Gasteiger partial charge in [-0.15, -0.1) is 19.8 Å². The van der Waals surface area contributed by atoms with Gasteiger partial charge >= 0.3 is 32.7 Å². The molecule has 0 aliphatic rings. The van der Waals surface area contributed by atoms with Crippen LogP contribution in [0.5, 0.6) is 0 Å². The van der Waals surface area contributed by atoms with E-state index in [-0.39, 0.29) is 68.8 Å². The second kappa shape index (κ2) is 44.3. The summed E-state index contributed by atoms with van der Waals surface area (Å²) in [6.45, 7) is 6.54. The van der Waals surface area contributed by atoms with Gasteiger partial charge in [0.15, 0.2) is 0 Å². The average Bonchev–Trinajstić information content (AvgIpc) is 3.16. The largest absolute Gasteiger partial charge is 3.00 e. The van der Waals surface area contributed by atoms with Crippen LogP contribution in [-0.2, 0) is 75.3 Å². The summed E-state index contributed by atoms with van der Waals surface area (Å²) in [7, 11) is 15.4. The van der Waals surface area contributed by atoms with Crippen molar-refractivity contribution in [2.24, 2.45) is 16.2 Å². The molecule has 0 heterocycles. The van der Waals surface area contributed by atoms with E-state index in [1.807, 2.05) is 0 Å². The summed E-state index contributed by atoms with van der Waals surface area (Å²) in [5.74, 6) is 0. The molecule has 0 amide bonds. The Bertz CT molecular complexity index is 465. The topological polar surface area (TPSA) is 152 Å². The third kappa shape index (κ3) is 33.9. The van der Waals surface area contributed by atoms with Crippen molar-refractivity contribution in [1.82, 2.24) is 0 Å².